The molecule has 0 atom stereocenters. The Morgan fingerprint density at radius 1 is 1.22 bits per heavy atom. The molecule has 0 aliphatic heterocycles. The lowest BCUT2D eigenvalue weighted by molar-refractivity contribution is 0.720. The van der Waals surface area contributed by atoms with E-state index in [-0.39, 0.29) is 0 Å². The number of anilines is 2. The van der Waals surface area contributed by atoms with E-state index in [1.807, 2.05) is 23.9 Å². The summed E-state index contributed by atoms with van der Waals surface area (Å²) in [5.41, 5.74) is 1.11. The molecular weight excluding hydrogens is 228 g/mol. The number of aryl methyl sites for hydroxylation is 1. The molecule has 2 N–H and O–H groups in total. The molecule has 0 unspecified atom stereocenters. The van der Waals surface area contributed by atoms with E-state index in [0.29, 0.717) is 12.5 Å². The quantitative estimate of drug-likeness (QED) is 0.811. The van der Waals surface area contributed by atoms with Crippen LogP contribution >= 0.6 is 0 Å². The van der Waals surface area contributed by atoms with Crippen LogP contribution in [0.3, 0.4) is 0 Å². The average Bonchev–Trinajstić information content (AvgIpc) is 2.80. The van der Waals surface area contributed by atoms with Crippen molar-refractivity contribution < 1.29 is 0 Å². The number of rotatable bonds is 6. The zero-order valence-corrected chi connectivity index (χ0v) is 10.7. The molecule has 0 amide bonds. The van der Waals surface area contributed by atoms with E-state index in [4.69, 9.17) is 0 Å². The molecule has 0 aliphatic rings. The molecule has 0 saturated carbocycles. The molecule has 2 heterocycles. The zero-order valence-electron chi connectivity index (χ0n) is 10.7. The molecule has 2 aromatic heterocycles. The highest BCUT2D eigenvalue weighted by atomic mass is 15.3. The van der Waals surface area contributed by atoms with Gasteiger partial charge in [0.1, 0.15) is 5.82 Å². The summed E-state index contributed by atoms with van der Waals surface area (Å²) in [7, 11) is 1.92. The largest absolute Gasteiger partial charge is 0.364 e. The van der Waals surface area contributed by atoms with Crippen molar-refractivity contribution in [3.63, 3.8) is 0 Å². The minimum absolute atomic E-state index is 0.659. The molecule has 0 aromatic carbocycles. The molecule has 2 aromatic rings. The highest BCUT2D eigenvalue weighted by Crippen LogP contribution is 2.07. The maximum absolute atomic E-state index is 4.38. The first-order valence-corrected chi connectivity index (χ1v) is 6.07. The first kappa shape index (κ1) is 12.3. The first-order valence-electron chi connectivity index (χ1n) is 6.07. The summed E-state index contributed by atoms with van der Waals surface area (Å²) >= 11 is 0. The third kappa shape index (κ3) is 3.19. The summed E-state index contributed by atoms with van der Waals surface area (Å²) < 4.78 is 1.84. The molecule has 0 aliphatic carbocycles. The summed E-state index contributed by atoms with van der Waals surface area (Å²) in [6.07, 6.45) is 4.58. The second kappa shape index (κ2) is 6.00. The molecule has 96 valence electrons. The van der Waals surface area contributed by atoms with Crippen LogP contribution in [0.2, 0.25) is 0 Å². The van der Waals surface area contributed by atoms with Crippen molar-refractivity contribution in [2.45, 2.75) is 19.9 Å². The second-order valence-corrected chi connectivity index (χ2v) is 3.99. The van der Waals surface area contributed by atoms with Crippen molar-refractivity contribution in [1.82, 2.24) is 19.7 Å². The van der Waals surface area contributed by atoms with Crippen LogP contribution in [0.25, 0.3) is 0 Å². The molecule has 0 fully saturated rings. The van der Waals surface area contributed by atoms with E-state index in [0.717, 1.165) is 24.5 Å². The first-order chi connectivity index (χ1) is 8.79. The summed E-state index contributed by atoms with van der Waals surface area (Å²) in [6.45, 7) is 3.68. The fraction of sp³-hybridized carbons (Fsp3) is 0.417. The Morgan fingerprint density at radius 3 is 2.83 bits per heavy atom. The van der Waals surface area contributed by atoms with E-state index in [2.05, 4.69) is 32.6 Å². The van der Waals surface area contributed by atoms with Gasteiger partial charge in [-0.15, -0.1) is 0 Å². The number of aromatic nitrogens is 4. The summed E-state index contributed by atoms with van der Waals surface area (Å²) in [4.78, 5) is 8.54. The van der Waals surface area contributed by atoms with Crippen molar-refractivity contribution in [3.05, 3.63) is 30.2 Å². The molecule has 6 nitrogen and oxygen atoms in total. The van der Waals surface area contributed by atoms with E-state index in [1.165, 1.54) is 0 Å². The second-order valence-electron chi connectivity index (χ2n) is 3.99. The molecule has 0 radical (unpaired) electrons. The third-order valence-corrected chi connectivity index (χ3v) is 2.56. The normalized spacial score (nSPS) is 10.3. The minimum Gasteiger partial charge on any atom is -0.364 e. The Hall–Kier alpha value is -2.11. The molecule has 6 heteroatoms. The molecule has 0 bridgehead atoms. The Morgan fingerprint density at radius 2 is 2.11 bits per heavy atom. The minimum atomic E-state index is 0.659. The zero-order chi connectivity index (χ0) is 12.8. The Balaban J connectivity index is 1.95. The van der Waals surface area contributed by atoms with Crippen LogP contribution in [-0.2, 0) is 13.6 Å². The van der Waals surface area contributed by atoms with Gasteiger partial charge in [0, 0.05) is 26.0 Å². The fourth-order valence-corrected chi connectivity index (χ4v) is 1.53. The maximum atomic E-state index is 4.38. The van der Waals surface area contributed by atoms with Crippen molar-refractivity contribution in [2.75, 3.05) is 17.2 Å². The van der Waals surface area contributed by atoms with Crippen LogP contribution in [0.15, 0.2) is 24.5 Å². The summed E-state index contributed by atoms with van der Waals surface area (Å²) in [6, 6.07) is 3.83. The average molecular weight is 246 g/mol. The fourth-order valence-electron chi connectivity index (χ4n) is 1.53. The predicted octanol–water partition coefficient (Wildman–Crippen LogP) is 1.64. The van der Waals surface area contributed by atoms with Crippen LogP contribution in [0, 0.1) is 0 Å². The van der Waals surface area contributed by atoms with E-state index >= 15 is 0 Å². The lowest BCUT2D eigenvalue weighted by Gasteiger charge is -2.07. The number of hydrogen-bond donors (Lipinski definition) is 2. The molecule has 0 saturated heterocycles. The van der Waals surface area contributed by atoms with Crippen molar-refractivity contribution in [1.29, 1.82) is 0 Å². The van der Waals surface area contributed by atoms with Gasteiger partial charge in [-0.2, -0.15) is 10.1 Å². The van der Waals surface area contributed by atoms with Gasteiger partial charge < -0.3 is 10.6 Å². The van der Waals surface area contributed by atoms with Gasteiger partial charge in [0.05, 0.1) is 12.2 Å². The van der Waals surface area contributed by atoms with E-state index in [9.17, 15) is 0 Å². The van der Waals surface area contributed by atoms with Gasteiger partial charge in [-0.05, 0) is 18.6 Å². The predicted molar refractivity (Wildman–Crippen MR) is 71.3 cm³/mol. The van der Waals surface area contributed by atoms with Crippen LogP contribution in [-0.4, -0.2) is 26.3 Å². The number of hydrogen-bond acceptors (Lipinski definition) is 5. The smallest absolute Gasteiger partial charge is 0.224 e. The van der Waals surface area contributed by atoms with Crippen molar-refractivity contribution in [2.24, 2.45) is 7.05 Å². The highest BCUT2D eigenvalue weighted by molar-refractivity contribution is 5.39. The van der Waals surface area contributed by atoms with Crippen molar-refractivity contribution >= 4 is 11.8 Å². The topological polar surface area (TPSA) is 67.7 Å². The van der Waals surface area contributed by atoms with Gasteiger partial charge in [0.15, 0.2) is 0 Å². The summed E-state index contributed by atoms with van der Waals surface area (Å²) in [5, 5.41) is 10.5. The Labute approximate surface area is 106 Å². The van der Waals surface area contributed by atoms with Gasteiger partial charge in [-0.1, -0.05) is 6.92 Å². The molecular formula is C12H18N6. The number of nitrogens with zero attached hydrogens (tertiary/aromatic N) is 4. The standard InChI is InChI=1S/C12H18N6/c1-3-6-13-12-14-7-5-11(17-12)15-9-10-4-8-16-18(10)2/h4-5,7-8H,3,6,9H2,1-2H3,(H2,13,14,15,17). The monoisotopic (exact) mass is 246 g/mol. The van der Waals surface area contributed by atoms with Gasteiger partial charge >= 0.3 is 0 Å². The SMILES string of the molecule is CCCNc1nccc(NCc2ccnn2C)n1. The lowest BCUT2D eigenvalue weighted by atomic mass is 10.4. The highest BCUT2D eigenvalue weighted by Gasteiger charge is 2.00. The van der Waals surface area contributed by atoms with Crippen molar-refractivity contribution in [3.8, 4) is 0 Å². The summed E-state index contributed by atoms with van der Waals surface area (Å²) in [5.74, 6) is 1.47. The number of nitrogens with one attached hydrogen (secondary N) is 2. The Bertz CT molecular complexity index is 493. The molecule has 0 spiro atoms. The van der Waals surface area contributed by atoms with Gasteiger partial charge in [-0.3, -0.25) is 4.68 Å². The van der Waals surface area contributed by atoms with Gasteiger partial charge in [-0.25, -0.2) is 4.98 Å². The Kier molecular flexibility index (Phi) is 4.11. The van der Waals surface area contributed by atoms with Gasteiger partial charge in [0.25, 0.3) is 0 Å². The maximum Gasteiger partial charge on any atom is 0.224 e. The van der Waals surface area contributed by atoms with Crippen LogP contribution in [0.4, 0.5) is 11.8 Å². The molecule has 2 rings (SSSR count). The van der Waals surface area contributed by atoms with E-state index in [1.54, 1.807) is 12.4 Å². The van der Waals surface area contributed by atoms with E-state index < -0.39 is 0 Å². The van der Waals surface area contributed by atoms with Crippen LogP contribution in [0.5, 0.6) is 0 Å². The van der Waals surface area contributed by atoms with Gasteiger partial charge in [0.2, 0.25) is 5.95 Å². The third-order valence-electron chi connectivity index (χ3n) is 2.56. The van der Waals surface area contributed by atoms with Crippen LogP contribution < -0.4 is 10.6 Å². The van der Waals surface area contributed by atoms with Crippen LogP contribution in [0.1, 0.15) is 19.0 Å². The molecule has 18 heavy (non-hydrogen) atoms. The lowest BCUT2D eigenvalue weighted by Crippen LogP contribution is -2.09.